The van der Waals surface area contributed by atoms with Gasteiger partial charge in [-0.3, -0.25) is 14.5 Å². The molecule has 0 aromatic carbocycles. The molecule has 1 aliphatic rings. The number of imide groups is 1. The molecular weight excluding hydrogens is 168 g/mol. The van der Waals surface area contributed by atoms with E-state index in [1.54, 1.807) is 0 Å². The van der Waals surface area contributed by atoms with Gasteiger partial charge < -0.3 is 5.73 Å². The lowest BCUT2D eigenvalue weighted by Crippen LogP contribution is -2.44. The summed E-state index contributed by atoms with van der Waals surface area (Å²) >= 11 is 0. The summed E-state index contributed by atoms with van der Waals surface area (Å²) in [6.07, 6.45) is 2.95. The highest BCUT2D eigenvalue weighted by atomic mass is 16.2. The van der Waals surface area contributed by atoms with E-state index in [2.05, 4.69) is 0 Å². The highest BCUT2D eigenvalue weighted by Crippen LogP contribution is 2.28. The molecule has 0 radical (unpaired) electrons. The highest BCUT2D eigenvalue weighted by molar-refractivity contribution is 5.95. The van der Waals surface area contributed by atoms with Crippen LogP contribution in [0.5, 0.6) is 0 Å². The smallest absolute Gasteiger partial charge is 0.232 e. The third-order valence-electron chi connectivity index (χ3n) is 2.45. The van der Waals surface area contributed by atoms with Crippen LogP contribution in [0.2, 0.25) is 0 Å². The van der Waals surface area contributed by atoms with E-state index < -0.39 is 0 Å². The molecule has 0 saturated heterocycles. The molecule has 74 valence electrons. The maximum absolute atomic E-state index is 11.6. The quantitative estimate of drug-likeness (QED) is 0.677. The van der Waals surface area contributed by atoms with Gasteiger partial charge in [0.05, 0.1) is 0 Å². The van der Waals surface area contributed by atoms with Gasteiger partial charge in [0.15, 0.2) is 0 Å². The Morgan fingerprint density at radius 2 is 2.08 bits per heavy atom. The highest BCUT2D eigenvalue weighted by Gasteiger charge is 2.30. The predicted octanol–water partition coefficient (Wildman–Crippen LogP) is 0.120. The number of carbonyl (C=O) groups excluding carboxylic acids is 2. The van der Waals surface area contributed by atoms with Crippen LogP contribution in [-0.4, -0.2) is 29.8 Å². The Kier molecular flexibility index (Phi) is 3.42. The van der Waals surface area contributed by atoms with E-state index in [-0.39, 0.29) is 17.7 Å². The molecule has 2 N–H and O–H groups in total. The summed E-state index contributed by atoms with van der Waals surface area (Å²) in [5.74, 6) is -0.151. The van der Waals surface area contributed by atoms with E-state index in [4.69, 9.17) is 5.73 Å². The molecule has 1 fully saturated rings. The second-order valence-electron chi connectivity index (χ2n) is 3.43. The largest absolute Gasteiger partial charge is 0.329 e. The second-order valence-corrected chi connectivity index (χ2v) is 3.43. The predicted molar refractivity (Wildman–Crippen MR) is 48.8 cm³/mol. The van der Waals surface area contributed by atoms with E-state index in [0.717, 1.165) is 19.3 Å². The lowest BCUT2D eigenvalue weighted by Gasteiger charge is -2.29. The van der Waals surface area contributed by atoms with Crippen LogP contribution < -0.4 is 5.73 Å². The number of amides is 2. The zero-order valence-corrected chi connectivity index (χ0v) is 7.95. The fourth-order valence-electron chi connectivity index (χ4n) is 1.43. The second kappa shape index (κ2) is 4.37. The topological polar surface area (TPSA) is 63.4 Å². The number of rotatable bonds is 3. The van der Waals surface area contributed by atoms with Gasteiger partial charge in [-0.1, -0.05) is 6.42 Å². The maximum Gasteiger partial charge on any atom is 0.232 e. The Morgan fingerprint density at radius 1 is 1.46 bits per heavy atom. The average molecular weight is 184 g/mol. The Morgan fingerprint density at radius 3 is 2.38 bits per heavy atom. The van der Waals surface area contributed by atoms with Crippen molar-refractivity contribution in [1.82, 2.24) is 4.90 Å². The molecule has 0 aromatic heterocycles. The molecule has 0 heterocycles. The van der Waals surface area contributed by atoms with Crippen molar-refractivity contribution in [1.29, 1.82) is 0 Å². The minimum Gasteiger partial charge on any atom is -0.329 e. The molecule has 0 bridgehead atoms. The van der Waals surface area contributed by atoms with Crippen molar-refractivity contribution in [3.05, 3.63) is 0 Å². The first-order valence-electron chi connectivity index (χ1n) is 4.69. The lowest BCUT2D eigenvalue weighted by atomic mass is 9.84. The lowest BCUT2D eigenvalue weighted by molar-refractivity contribution is -0.147. The Hall–Kier alpha value is -0.900. The molecule has 1 rings (SSSR count). The molecule has 1 aliphatic carbocycles. The molecule has 2 amide bonds. The minimum absolute atomic E-state index is 0.0378. The SMILES string of the molecule is CC(=O)N(CCN)C(=O)C1CCC1. The Bertz CT molecular complexity index is 212. The van der Waals surface area contributed by atoms with Crippen molar-refractivity contribution in [2.75, 3.05) is 13.1 Å². The molecule has 0 aromatic rings. The summed E-state index contributed by atoms with van der Waals surface area (Å²) in [5, 5.41) is 0. The van der Waals surface area contributed by atoms with Crippen molar-refractivity contribution in [3.63, 3.8) is 0 Å². The van der Waals surface area contributed by atoms with Crippen molar-refractivity contribution in [3.8, 4) is 0 Å². The molecule has 0 aliphatic heterocycles. The van der Waals surface area contributed by atoms with Crippen LogP contribution in [-0.2, 0) is 9.59 Å². The molecule has 0 atom stereocenters. The van der Waals surface area contributed by atoms with Crippen LogP contribution in [0.25, 0.3) is 0 Å². The average Bonchev–Trinajstić information content (AvgIpc) is 1.95. The molecule has 4 nitrogen and oxygen atoms in total. The monoisotopic (exact) mass is 184 g/mol. The fraction of sp³-hybridized carbons (Fsp3) is 0.778. The minimum atomic E-state index is -0.192. The van der Waals surface area contributed by atoms with Crippen LogP contribution in [0.4, 0.5) is 0 Å². The summed E-state index contributed by atoms with van der Waals surface area (Å²) in [6.45, 7) is 2.11. The number of nitrogens with zero attached hydrogens (tertiary/aromatic N) is 1. The van der Waals surface area contributed by atoms with Gasteiger partial charge in [-0.05, 0) is 12.8 Å². The molecule has 1 saturated carbocycles. The summed E-state index contributed by atoms with van der Waals surface area (Å²) in [7, 11) is 0. The molecular formula is C9H16N2O2. The van der Waals surface area contributed by atoms with Gasteiger partial charge in [0.2, 0.25) is 11.8 Å². The summed E-state index contributed by atoms with van der Waals surface area (Å²) in [4.78, 5) is 23.9. The first-order valence-corrected chi connectivity index (χ1v) is 4.69. The van der Waals surface area contributed by atoms with E-state index in [9.17, 15) is 9.59 Å². The van der Waals surface area contributed by atoms with Crippen molar-refractivity contribution >= 4 is 11.8 Å². The van der Waals surface area contributed by atoms with Gasteiger partial charge in [0, 0.05) is 25.9 Å². The van der Waals surface area contributed by atoms with Gasteiger partial charge in [-0.2, -0.15) is 0 Å². The van der Waals surface area contributed by atoms with Crippen LogP contribution in [0.15, 0.2) is 0 Å². The maximum atomic E-state index is 11.6. The van der Waals surface area contributed by atoms with Crippen LogP contribution in [0, 0.1) is 5.92 Å². The number of hydrogen-bond acceptors (Lipinski definition) is 3. The zero-order chi connectivity index (χ0) is 9.84. The molecule has 0 unspecified atom stereocenters. The summed E-state index contributed by atoms with van der Waals surface area (Å²) in [5.41, 5.74) is 5.32. The number of hydrogen-bond donors (Lipinski definition) is 1. The molecule has 0 spiro atoms. The zero-order valence-electron chi connectivity index (χ0n) is 7.95. The van der Waals surface area contributed by atoms with Crippen LogP contribution in [0.3, 0.4) is 0 Å². The third-order valence-corrected chi connectivity index (χ3v) is 2.45. The third kappa shape index (κ3) is 2.28. The Labute approximate surface area is 78.1 Å². The number of carbonyl (C=O) groups is 2. The van der Waals surface area contributed by atoms with Crippen LogP contribution in [0.1, 0.15) is 26.2 Å². The molecule has 13 heavy (non-hydrogen) atoms. The van der Waals surface area contributed by atoms with E-state index in [1.807, 2.05) is 0 Å². The Balaban J connectivity index is 2.52. The molecule has 4 heteroatoms. The first-order chi connectivity index (χ1) is 6.16. The van der Waals surface area contributed by atoms with Gasteiger partial charge in [0.25, 0.3) is 0 Å². The normalized spacial score (nSPS) is 16.5. The van der Waals surface area contributed by atoms with E-state index in [0.29, 0.717) is 13.1 Å². The van der Waals surface area contributed by atoms with Crippen molar-refractivity contribution in [2.24, 2.45) is 11.7 Å². The van der Waals surface area contributed by atoms with Crippen molar-refractivity contribution in [2.45, 2.75) is 26.2 Å². The number of nitrogens with two attached hydrogens (primary N) is 1. The standard InChI is InChI=1S/C9H16N2O2/c1-7(12)11(6-5-10)9(13)8-3-2-4-8/h8H,2-6,10H2,1H3. The fourth-order valence-corrected chi connectivity index (χ4v) is 1.43. The van der Waals surface area contributed by atoms with E-state index >= 15 is 0 Å². The van der Waals surface area contributed by atoms with Gasteiger partial charge in [0.1, 0.15) is 0 Å². The van der Waals surface area contributed by atoms with Gasteiger partial charge in [-0.25, -0.2) is 0 Å². The van der Waals surface area contributed by atoms with E-state index in [1.165, 1.54) is 11.8 Å². The van der Waals surface area contributed by atoms with Gasteiger partial charge >= 0.3 is 0 Å². The van der Waals surface area contributed by atoms with Crippen molar-refractivity contribution < 1.29 is 9.59 Å². The van der Waals surface area contributed by atoms with Crippen LogP contribution >= 0.6 is 0 Å². The summed E-state index contributed by atoms with van der Waals surface area (Å²) < 4.78 is 0. The van der Waals surface area contributed by atoms with Gasteiger partial charge in [-0.15, -0.1) is 0 Å². The summed E-state index contributed by atoms with van der Waals surface area (Å²) in [6, 6.07) is 0. The first kappa shape index (κ1) is 10.2.